The Hall–Kier alpha value is -1.55. The summed E-state index contributed by atoms with van der Waals surface area (Å²) in [5.74, 6) is 7.10. The number of carbonyl (C=O) groups excluding carboxylic acids is 1. The molecule has 0 bridgehead atoms. The lowest BCUT2D eigenvalue weighted by Crippen LogP contribution is -2.60. The van der Waals surface area contributed by atoms with E-state index in [1.54, 1.807) is 11.9 Å². The zero-order valence-electron chi connectivity index (χ0n) is 14.2. The molecule has 3 N–H and O–H groups in total. The first-order valence-corrected chi connectivity index (χ1v) is 7.62. The molecule has 0 aromatic carbocycles. The highest BCUT2D eigenvalue weighted by Crippen LogP contribution is 2.31. The van der Waals surface area contributed by atoms with E-state index in [0.29, 0.717) is 6.42 Å². The van der Waals surface area contributed by atoms with Crippen molar-refractivity contribution in [2.75, 3.05) is 0 Å². The third kappa shape index (κ3) is 3.76. The van der Waals surface area contributed by atoms with E-state index in [2.05, 4.69) is 31.3 Å². The quantitative estimate of drug-likeness (QED) is 0.475. The minimum Gasteiger partial charge on any atom is -0.363 e. The number of nitrogens with one attached hydrogen (secondary N) is 1. The lowest BCUT2D eigenvalue weighted by Gasteiger charge is -2.47. The molecular formula is C17H29N3O. The van der Waals surface area contributed by atoms with Crippen molar-refractivity contribution in [1.29, 1.82) is 0 Å². The van der Waals surface area contributed by atoms with Crippen LogP contribution in [0.15, 0.2) is 35.2 Å². The largest absolute Gasteiger partial charge is 0.363 e. The minimum absolute atomic E-state index is 0.0694. The molecule has 0 aromatic rings. The van der Waals surface area contributed by atoms with Gasteiger partial charge < -0.3 is 5.32 Å². The number of allylic oxidation sites excluding steroid dienone is 3. The highest BCUT2D eigenvalue weighted by atomic mass is 16.1. The number of carbonyl (C=O) groups is 1. The van der Waals surface area contributed by atoms with Crippen LogP contribution in [0.2, 0.25) is 0 Å². The second kappa shape index (κ2) is 6.94. The van der Waals surface area contributed by atoms with Crippen LogP contribution >= 0.6 is 0 Å². The zero-order valence-corrected chi connectivity index (χ0v) is 14.2. The van der Waals surface area contributed by atoms with Gasteiger partial charge in [0.2, 0.25) is 0 Å². The average molecular weight is 291 g/mol. The van der Waals surface area contributed by atoms with Crippen molar-refractivity contribution >= 4 is 5.78 Å². The Bertz CT molecular complexity index is 486. The number of nitrogens with zero attached hydrogens (tertiary/aromatic N) is 1. The summed E-state index contributed by atoms with van der Waals surface area (Å²) >= 11 is 0. The maximum Gasteiger partial charge on any atom is 0.159 e. The summed E-state index contributed by atoms with van der Waals surface area (Å²) in [5, 5.41) is 5.18. The first-order valence-electron chi connectivity index (χ1n) is 7.62. The lowest BCUT2D eigenvalue weighted by atomic mass is 9.86. The number of nitrogens with two attached hydrogens (primary N) is 1. The molecule has 1 unspecified atom stereocenters. The van der Waals surface area contributed by atoms with E-state index in [4.69, 9.17) is 5.84 Å². The van der Waals surface area contributed by atoms with Gasteiger partial charge in [-0.25, -0.2) is 5.84 Å². The van der Waals surface area contributed by atoms with Crippen LogP contribution in [-0.2, 0) is 4.79 Å². The highest BCUT2D eigenvalue weighted by molar-refractivity contribution is 5.93. The number of ketones is 1. The van der Waals surface area contributed by atoms with Crippen molar-refractivity contribution < 1.29 is 4.79 Å². The third-order valence-corrected chi connectivity index (χ3v) is 4.07. The van der Waals surface area contributed by atoms with Crippen LogP contribution in [0.5, 0.6) is 0 Å². The molecule has 0 saturated carbocycles. The van der Waals surface area contributed by atoms with Crippen LogP contribution in [0.4, 0.5) is 0 Å². The Kier molecular flexibility index (Phi) is 5.78. The minimum atomic E-state index is -0.211. The first kappa shape index (κ1) is 17.5. The van der Waals surface area contributed by atoms with E-state index in [1.807, 2.05) is 26.8 Å². The molecule has 1 aliphatic rings. The van der Waals surface area contributed by atoms with E-state index in [0.717, 1.165) is 17.8 Å². The Morgan fingerprint density at radius 1 is 1.48 bits per heavy atom. The molecule has 1 rings (SSSR count). The van der Waals surface area contributed by atoms with Gasteiger partial charge in [0.25, 0.3) is 0 Å². The molecule has 118 valence electrons. The van der Waals surface area contributed by atoms with Crippen LogP contribution in [0.3, 0.4) is 0 Å². The summed E-state index contributed by atoms with van der Waals surface area (Å²) in [6, 6.07) is 0.164. The molecular weight excluding hydrogens is 262 g/mol. The fourth-order valence-electron chi connectivity index (χ4n) is 2.81. The van der Waals surface area contributed by atoms with Crippen LogP contribution in [0.1, 0.15) is 54.4 Å². The predicted octanol–water partition coefficient (Wildman–Crippen LogP) is 3.04. The van der Waals surface area contributed by atoms with Crippen molar-refractivity contribution in [1.82, 2.24) is 10.3 Å². The second-order valence-corrected chi connectivity index (χ2v) is 6.11. The molecule has 1 heterocycles. The molecule has 0 amide bonds. The molecule has 0 spiro atoms. The van der Waals surface area contributed by atoms with Gasteiger partial charge in [-0.15, -0.1) is 0 Å². The van der Waals surface area contributed by atoms with Crippen LogP contribution < -0.4 is 11.2 Å². The lowest BCUT2D eigenvalue weighted by molar-refractivity contribution is -0.114. The predicted molar refractivity (Wildman–Crippen MR) is 88.2 cm³/mol. The topological polar surface area (TPSA) is 58.4 Å². The smallest absolute Gasteiger partial charge is 0.159 e. The highest BCUT2D eigenvalue weighted by Gasteiger charge is 2.37. The summed E-state index contributed by atoms with van der Waals surface area (Å²) < 4.78 is 0. The van der Waals surface area contributed by atoms with Gasteiger partial charge in [-0.3, -0.25) is 9.80 Å². The summed E-state index contributed by atoms with van der Waals surface area (Å²) in [5.41, 5.74) is 1.76. The summed E-state index contributed by atoms with van der Waals surface area (Å²) in [7, 11) is 0. The van der Waals surface area contributed by atoms with Crippen LogP contribution in [0.25, 0.3) is 0 Å². The molecule has 0 aromatic heterocycles. The molecule has 1 saturated heterocycles. The van der Waals surface area contributed by atoms with E-state index in [9.17, 15) is 4.79 Å². The van der Waals surface area contributed by atoms with E-state index >= 15 is 0 Å². The summed E-state index contributed by atoms with van der Waals surface area (Å²) in [6.45, 7) is 11.8. The Labute approximate surface area is 128 Å². The average Bonchev–Trinajstić information content (AvgIpc) is 2.40. The van der Waals surface area contributed by atoms with Gasteiger partial charge in [0.05, 0.1) is 11.6 Å². The zero-order chi connectivity index (χ0) is 16.2. The molecule has 21 heavy (non-hydrogen) atoms. The molecule has 1 aliphatic heterocycles. The molecule has 4 heteroatoms. The van der Waals surface area contributed by atoms with Crippen molar-refractivity contribution in [2.24, 2.45) is 5.84 Å². The molecule has 0 aliphatic carbocycles. The Morgan fingerprint density at radius 3 is 2.52 bits per heavy atom. The third-order valence-electron chi connectivity index (χ3n) is 4.07. The summed E-state index contributed by atoms with van der Waals surface area (Å²) in [6.07, 6.45) is 7.80. The van der Waals surface area contributed by atoms with Crippen LogP contribution in [0, 0.1) is 0 Å². The second-order valence-electron chi connectivity index (χ2n) is 6.11. The molecule has 1 atom stereocenters. The SMILES string of the molecule is C/C=C\C(=C/C)C1CC(C)(C)N(N)/C(=C(\CC)C(C)=O)N1. The number of Topliss-reactive ketones (excluding diaryl/α,β-unsaturated/α-hetero) is 1. The number of rotatable bonds is 4. The monoisotopic (exact) mass is 291 g/mol. The number of hydrogen-bond acceptors (Lipinski definition) is 4. The van der Waals surface area contributed by atoms with E-state index < -0.39 is 0 Å². The molecule has 4 nitrogen and oxygen atoms in total. The van der Waals surface area contributed by atoms with E-state index in [-0.39, 0.29) is 17.4 Å². The maximum atomic E-state index is 11.9. The number of hydrazine groups is 1. The first-order chi connectivity index (χ1) is 9.78. The van der Waals surface area contributed by atoms with Gasteiger partial charge in [0, 0.05) is 5.57 Å². The maximum absolute atomic E-state index is 11.9. The van der Waals surface area contributed by atoms with Gasteiger partial charge in [-0.2, -0.15) is 0 Å². The Morgan fingerprint density at radius 2 is 2.10 bits per heavy atom. The van der Waals surface area contributed by atoms with Crippen molar-refractivity contribution in [2.45, 2.75) is 66.0 Å². The number of hydrogen-bond donors (Lipinski definition) is 2. The molecule has 0 radical (unpaired) electrons. The van der Waals surface area contributed by atoms with Gasteiger partial charge in [0.1, 0.15) is 5.82 Å². The normalized spacial score (nSPS) is 25.0. The fraction of sp³-hybridized carbons (Fsp3) is 0.588. The van der Waals surface area contributed by atoms with Crippen molar-refractivity contribution in [3.63, 3.8) is 0 Å². The van der Waals surface area contributed by atoms with Gasteiger partial charge >= 0.3 is 0 Å². The standard InChI is InChI=1S/C17H29N3O/c1-7-10-13(8-2)15-11-17(5,6)20(18)16(19-15)14(9-3)12(4)21/h7-8,10,15,19H,9,11,18H2,1-6H3/b10-7-,13-8+,16-14+. The van der Waals surface area contributed by atoms with E-state index in [1.165, 1.54) is 5.57 Å². The van der Waals surface area contributed by atoms with Gasteiger partial charge in [-0.05, 0) is 53.0 Å². The van der Waals surface area contributed by atoms with Gasteiger partial charge in [0.15, 0.2) is 5.78 Å². The summed E-state index contributed by atoms with van der Waals surface area (Å²) in [4.78, 5) is 11.9. The fourth-order valence-corrected chi connectivity index (χ4v) is 2.81. The van der Waals surface area contributed by atoms with Gasteiger partial charge in [-0.1, -0.05) is 25.2 Å². The molecule has 1 fully saturated rings. The van der Waals surface area contributed by atoms with Crippen LogP contribution in [-0.4, -0.2) is 22.4 Å². The Balaban J connectivity index is 3.30. The van der Waals surface area contributed by atoms with Crippen molar-refractivity contribution in [3.8, 4) is 0 Å². The van der Waals surface area contributed by atoms with Crippen molar-refractivity contribution in [3.05, 3.63) is 35.2 Å².